The molecule has 0 radical (unpaired) electrons. The SMILES string of the molecule is CC(C)(C)NC[C@H](O)c1ccc(O)c(Cc2cc([C@@H](O)CNC(C)(C)C)cc(CO)c2O)c1. The summed E-state index contributed by atoms with van der Waals surface area (Å²) in [5.41, 5.74) is 2.20. The van der Waals surface area contributed by atoms with Gasteiger partial charge in [-0.15, -0.1) is 0 Å². The highest BCUT2D eigenvalue weighted by Gasteiger charge is 2.19. The van der Waals surface area contributed by atoms with Crippen molar-refractivity contribution in [2.75, 3.05) is 13.1 Å². The van der Waals surface area contributed by atoms with E-state index in [1.165, 1.54) is 6.07 Å². The normalized spacial score (nSPS) is 14.3. The number of phenols is 2. The third kappa shape index (κ3) is 8.28. The van der Waals surface area contributed by atoms with Crippen LogP contribution >= 0.6 is 0 Å². The molecular weight excluding hydrogens is 420 g/mol. The minimum absolute atomic E-state index is 0.0417. The number of aliphatic hydroxyl groups is 3. The molecule has 2 aromatic carbocycles. The fraction of sp³-hybridized carbons (Fsp3) is 0.538. The lowest BCUT2D eigenvalue weighted by Crippen LogP contribution is -2.38. The van der Waals surface area contributed by atoms with Crippen LogP contribution in [0.15, 0.2) is 30.3 Å². The molecule has 0 saturated heterocycles. The second kappa shape index (κ2) is 10.8. The molecule has 0 unspecified atom stereocenters. The average molecular weight is 461 g/mol. The molecule has 0 heterocycles. The smallest absolute Gasteiger partial charge is 0.124 e. The Morgan fingerprint density at radius 2 is 1.21 bits per heavy atom. The Morgan fingerprint density at radius 3 is 1.73 bits per heavy atom. The molecule has 0 aliphatic rings. The number of nitrogens with one attached hydrogen (secondary N) is 2. The van der Waals surface area contributed by atoms with Gasteiger partial charge in [0.15, 0.2) is 0 Å². The van der Waals surface area contributed by atoms with Gasteiger partial charge in [0.25, 0.3) is 0 Å². The Labute approximate surface area is 197 Å². The zero-order valence-electron chi connectivity index (χ0n) is 20.6. The molecule has 2 atom stereocenters. The molecule has 2 aromatic rings. The minimum Gasteiger partial charge on any atom is -0.508 e. The van der Waals surface area contributed by atoms with Gasteiger partial charge in [-0.25, -0.2) is 0 Å². The van der Waals surface area contributed by atoms with Gasteiger partial charge < -0.3 is 36.2 Å². The number of hydrogen-bond donors (Lipinski definition) is 7. The fourth-order valence-corrected chi connectivity index (χ4v) is 3.44. The number of benzene rings is 2. The van der Waals surface area contributed by atoms with Crippen LogP contribution in [0.2, 0.25) is 0 Å². The molecule has 0 fully saturated rings. The molecule has 0 aromatic heterocycles. The van der Waals surface area contributed by atoms with Gasteiger partial charge in [-0.05, 0) is 88.1 Å². The molecule has 2 rings (SSSR count). The summed E-state index contributed by atoms with van der Waals surface area (Å²) in [5.74, 6) is -0.0305. The second-order valence-corrected chi connectivity index (χ2v) is 10.7. The predicted molar refractivity (Wildman–Crippen MR) is 130 cm³/mol. The van der Waals surface area contributed by atoms with Crippen LogP contribution in [0.25, 0.3) is 0 Å². The summed E-state index contributed by atoms with van der Waals surface area (Å²) in [5, 5.41) is 58.5. The van der Waals surface area contributed by atoms with E-state index in [4.69, 9.17) is 0 Å². The van der Waals surface area contributed by atoms with E-state index in [1.54, 1.807) is 24.3 Å². The van der Waals surface area contributed by atoms with Crippen molar-refractivity contribution >= 4 is 0 Å². The van der Waals surface area contributed by atoms with Crippen LogP contribution in [-0.4, -0.2) is 49.7 Å². The highest BCUT2D eigenvalue weighted by molar-refractivity contribution is 5.49. The van der Waals surface area contributed by atoms with Crippen molar-refractivity contribution in [3.8, 4) is 11.5 Å². The maximum Gasteiger partial charge on any atom is 0.124 e. The Bertz CT molecular complexity index is 932. The Balaban J connectivity index is 2.32. The van der Waals surface area contributed by atoms with Crippen LogP contribution in [0.3, 0.4) is 0 Å². The van der Waals surface area contributed by atoms with Gasteiger partial charge in [-0.3, -0.25) is 0 Å². The van der Waals surface area contributed by atoms with Gasteiger partial charge in [0.2, 0.25) is 0 Å². The number of rotatable bonds is 9. The Kier molecular flexibility index (Phi) is 8.90. The first kappa shape index (κ1) is 27.1. The van der Waals surface area contributed by atoms with Gasteiger partial charge in [-0.2, -0.15) is 0 Å². The molecule has 0 aliphatic heterocycles. The molecular formula is C26H40N2O5. The molecule has 184 valence electrons. The summed E-state index contributed by atoms with van der Waals surface area (Å²) >= 11 is 0. The van der Waals surface area contributed by atoms with Crippen molar-refractivity contribution in [1.29, 1.82) is 0 Å². The molecule has 0 amide bonds. The molecule has 33 heavy (non-hydrogen) atoms. The van der Waals surface area contributed by atoms with Gasteiger partial charge in [0, 0.05) is 36.2 Å². The van der Waals surface area contributed by atoms with E-state index in [1.807, 2.05) is 41.5 Å². The van der Waals surface area contributed by atoms with Crippen LogP contribution < -0.4 is 10.6 Å². The van der Waals surface area contributed by atoms with Crippen molar-refractivity contribution in [2.45, 2.75) is 77.9 Å². The summed E-state index contributed by atoms with van der Waals surface area (Å²) in [4.78, 5) is 0. The standard InChI is InChI=1S/C26H40N2O5/c1-25(2,3)27-13-22(31)16-7-8-21(30)17(9-16)10-19-11-18(12-20(15-29)24(19)33)23(32)14-28-26(4,5)6/h7-9,11-12,22-23,27-33H,10,13-15H2,1-6H3/t22-,23-/m0/s1. The van der Waals surface area contributed by atoms with Gasteiger partial charge in [0.1, 0.15) is 11.5 Å². The second-order valence-electron chi connectivity index (χ2n) is 10.7. The first-order valence-electron chi connectivity index (χ1n) is 11.3. The van der Waals surface area contributed by atoms with E-state index in [-0.39, 0.29) is 35.6 Å². The molecule has 0 spiro atoms. The van der Waals surface area contributed by atoms with E-state index in [0.717, 1.165) is 0 Å². The summed E-state index contributed by atoms with van der Waals surface area (Å²) in [6, 6.07) is 8.19. The lowest BCUT2D eigenvalue weighted by molar-refractivity contribution is 0.163. The summed E-state index contributed by atoms with van der Waals surface area (Å²) in [6.45, 7) is 12.3. The molecule has 7 N–H and O–H groups in total. The van der Waals surface area contributed by atoms with E-state index >= 15 is 0 Å². The van der Waals surface area contributed by atoms with Gasteiger partial charge >= 0.3 is 0 Å². The first-order chi connectivity index (χ1) is 15.2. The molecule has 0 aliphatic carbocycles. The number of β-amino-alcohol motifs (C(OH)–C–C–N with tert-alkyl or cyclic N) is 2. The van der Waals surface area contributed by atoms with E-state index in [9.17, 15) is 25.5 Å². The molecule has 7 nitrogen and oxygen atoms in total. The van der Waals surface area contributed by atoms with Gasteiger partial charge in [-0.1, -0.05) is 6.07 Å². The van der Waals surface area contributed by atoms with Crippen LogP contribution in [0.1, 0.15) is 81.6 Å². The maximum atomic E-state index is 10.7. The number of aromatic hydroxyl groups is 2. The predicted octanol–water partition coefficient (Wildman–Crippen LogP) is 3.02. The van der Waals surface area contributed by atoms with Crippen molar-refractivity contribution in [2.24, 2.45) is 0 Å². The third-order valence-corrected chi connectivity index (χ3v) is 5.37. The minimum atomic E-state index is -0.834. The van der Waals surface area contributed by atoms with E-state index in [2.05, 4.69) is 10.6 Å². The molecule has 0 saturated carbocycles. The largest absolute Gasteiger partial charge is 0.508 e. The molecule has 0 bridgehead atoms. The van der Waals surface area contributed by atoms with Crippen molar-refractivity contribution < 1.29 is 25.5 Å². The highest BCUT2D eigenvalue weighted by Crippen LogP contribution is 2.32. The summed E-state index contributed by atoms with van der Waals surface area (Å²) in [6.07, 6.45) is -1.42. The van der Waals surface area contributed by atoms with Crippen molar-refractivity contribution in [1.82, 2.24) is 10.6 Å². The monoisotopic (exact) mass is 460 g/mol. The summed E-state index contributed by atoms with van der Waals surface area (Å²) in [7, 11) is 0. The van der Waals surface area contributed by atoms with Crippen LogP contribution in [0.5, 0.6) is 11.5 Å². The number of aliphatic hydroxyl groups excluding tert-OH is 3. The molecule has 7 heteroatoms. The Morgan fingerprint density at radius 1 is 0.727 bits per heavy atom. The van der Waals surface area contributed by atoms with Crippen molar-refractivity contribution in [3.63, 3.8) is 0 Å². The number of phenolic OH excluding ortho intramolecular Hbond substituents is 1. The topological polar surface area (TPSA) is 125 Å². The van der Waals surface area contributed by atoms with Crippen LogP contribution in [-0.2, 0) is 13.0 Å². The van der Waals surface area contributed by atoms with E-state index in [0.29, 0.717) is 40.9 Å². The zero-order chi connectivity index (χ0) is 25.0. The van der Waals surface area contributed by atoms with E-state index < -0.39 is 12.2 Å². The Hall–Kier alpha value is -2.16. The quantitative estimate of drug-likeness (QED) is 0.307. The number of hydrogen-bond acceptors (Lipinski definition) is 7. The van der Waals surface area contributed by atoms with Crippen molar-refractivity contribution in [3.05, 3.63) is 58.1 Å². The van der Waals surface area contributed by atoms with Crippen LogP contribution in [0.4, 0.5) is 0 Å². The third-order valence-electron chi connectivity index (χ3n) is 5.37. The highest BCUT2D eigenvalue weighted by atomic mass is 16.3. The lowest BCUT2D eigenvalue weighted by Gasteiger charge is -2.24. The fourth-order valence-electron chi connectivity index (χ4n) is 3.44. The van der Waals surface area contributed by atoms with Gasteiger partial charge in [0.05, 0.1) is 18.8 Å². The van der Waals surface area contributed by atoms with Crippen LogP contribution in [0, 0.1) is 0 Å². The zero-order valence-corrected chi connectivity index (χ0v) is 20.6. The lowest BCUT2D eigenvalue weighted by atomic mass is 9.94. The summed E-state index contributed by atoms with van der Waals surface area (Å²) < 4.78 is 0. The maximum absolute atomic E-state index is 10.7. The average Bonchev–Trinajstić information content (AvgIpc) is 2.72. The first-order valence-corrected chi connectivity index (χ1v) is 11.3.